The van der Waals surface area contributed by atoms with Gasteiger partial charge in [0.2, 0.25) is 5.91 Å². The topological polar surface area (TPSA) is 104 Å². The number of aromatic nitrogens is 1. The molecule has 0 radical (unpaired) electrons. The lowest BCUT2D eigenvalue weighted by Crippen LogP contribution is -2.22. The third-order valence-corrected chi connectivity index (χ3v) is 8.11. The smallest absolute Gasteiger partial charge is 0.325 e. The van der Waals surface area contributed by atoms with Crippen molar-refractivity contribution in [1.82, 2.24) is 4.57 Å². The van der Waals surface area contributed by atoms with E-state index < -0.39 is 21.7 Å². The number of methoxy groups -OCH3 is 2. The SMILES string of the molecule is COC(=O)Cn1c(=NC(=O)CCCS(=O)(=O)c2ccc(OC)cc2)sc2cc(C)c(C)cc21. The Hall–Kier alpha value is -2.98. The Balaban J connectivity index is 1.79. The fourth-order valence-electron chi connectivity index (χ4n) is 3.23. The summed E-state index contributed by atoms with van der Waals surface area (Å²) in [6.45, 7) is 3.89. The van der Waals surface area contributed by atoms with Gasteiger partial charge in [0.15, 0.2) is 14.6 Å². The van der Waals surface area contributed by atoms with Gasteiger partial charge in [-0.05, 0) is 67.8 Å². The van der Waals surface area contributed by atoms with E-state index in [4.69, 9.17) is 9.47 Å². The lowest BCUT2D eigenvalue weighted by molar-refractivity contribution is -0.141. The predicted molar refractivity (Wildman–Crippen MR) is 126 cm³/mol. The second-order valence-electron chi connectivity index (χ2n) is 7.55. The van der Waals surface area contributed by atoms with E-state index in [-0.39, 0.29) is 30.0 Å². The summed E-state index contributed by atoms with van der Waals surface area (Å²) in [7, 11) is -0.715. The summed E-state index contributed by atoms with van der Waals surface area (Å²) in [5.41, 5.74) is 2.94. The number of hydrogen-bond acceptors (Lipinski definition) is 7. The van der Waals surface area contributed by atoms with Gasteiger partial charge in [-0.15, -0.1) is 0 Å². The van der Waals surface area contributed by atoms with Gasteiger partial charge >= 0.3 is 5.97 Å². The molecule has 0 bridgehead atoms. The van der Waals surface area contributed by atoms with E-state index >= 15 is 0 Å². The van der Waals surface area contributed by atoms with Gasteiger partial charge in [0, 0.05) is 6.42 Å². The third-order valence-electron chi connectivity index (χ3n) is 5.26. The second-order valence-corrected chi connectivity index (χ2v) is 10.7. The van der Waals surface area contributed by atoms with E-state index in [1.165, 1.54) is 37.7 Å². The highest BCUT2D eigenvalue weighted by molar-refractivity contribution is 7.91. The number of sulfone groups is 1. The first-order valence-corrected chi connectivity index (χ1v) is 12.7. The number of carbonyl (C=O) groups is 2. The molecule has 1 amide bonds. The van der Waals surface area contributed by atoms with Crippen LogP contribution in [0.2, 0.25) is 0 Å². The quantitative estimate of drug-likeness (QED) is 0.449. The van der Waals surface area contributed by atoms with Gasteiger partial charge in [-0.2, -0.15) is 4.99 Å². The fourth-order valence-corrected chi connectivity index (χ4v) is 5.67. The number of aryl methyl sites for hydroxylation is 2. The van der Waals surface area contributed by atoms with Gasteiger partial charge in [-0.3, -0.25) is 9.59 Å². The number of fused-ring (bicyclic) bond motifs is 1. The number of ether oxygens (including phenoxy) is 2. The van der Waals surface area contributed by atoms with Gasteiger partial charge in [0.25, 0.3) is 0 Å². The van der Waals surface area contributed by atoms with E-state index in [9.17, 15) is 18.0 Å². The number of rotatable bonds is 8. The molecule has 0 aliphatic heterocycles. The molecule has 0 saturated heterocycles. The highest BCUT2D eigenvalue weighted by atomic mass is 32.2. The number of amides is 1. The molecule has 0 aliphatic rings. The monoisotopic (exact) mass is 490 g/mol. The van der Waals surface area contributed by atoms with Crippen LogP contribution in [0.5, 0.6) is 5.75 Å². The van der Waals surface area contributed by atoms with Crippen LogP contribution in [0.4, 0.5) is 0 Å². The Kier molecular flexibility index (Phi) is 7.70. The molecule has 1 aromatic heterocycles. The molecular formula is C23H26N2O6S2. The van der Waals surface area contributed by atoms with Crippen molar-refractivity contribution in [3.05, 3.63) is 52.3 Å². The zero-order valence-electron chi connectivity index (χ0n) is 19.0. The molecule has 3 rings (SSSR count). The molecule has 0 N–H and O–H groups in total. The molecule has 0 unspecified atom stereocenters. The molecule has 10 heteroatoms. The molecule has 0 atom stereocenters. The molecule has 1 heterocycles. The van der Waals surface area contributed by atoms with Crippen LogP contribution in [0.1, 0.15) is 24.0 Å². The number of esters is 1. The third kappa shape index (κ3) is 5.88. The van der Waals surface area contributed by atoms with E-state index in [0.29, 0.717) is 10.6 Å². The molecular weight excluding hydrogens is 464 g/mol. The Bertz CT molecular complexity index is 1350. The van der Waals surface area contributed by atoms with Crippen molar-refractivity contribution in [2.24, 2.45) is 4.99 Å². The lowest BCUT2D eigenvalue weighted by Gasteiger charge is -2.06. The van der Waals surface area contributed by atoms with Crippen molar-refractivity contribution < 1.29 is 27.5 Å². The molecule has 0 aliphatic carbocycles. The average molecular weight is 491 g/mol. The standard InChI is InChI=1S/C23H26N2O6S2/c1-15-12-19-20(13-16(15)2)32-23(25(19)14-22(27)31-4)24-21(26)6-5-11-33(28,29)18-9-7-17(30-3)8-10-18/h7-10,12-13H,5-6,11,14H2,1-4H3. The number of nitrogens with zero attached hydrogens (tertiary/aromatic N) is 2. The highest BCUT2D eigenvalue weighted by Gasteiger charge is 2.16. The van der Waals surface area contributed by atoms with Crippen LogP contribution < -0.4 is 9.54 Å². The summed E-state index contributed by atoms with van der Waals surface area (Å²) in [6.07, 6.45) is 0.108. The van der Waals surface area contributed by atoms with Gasteiger partial charge < -0.3 is 14.0 Å². The van der Waals surface area contributed by atoms with Crippen LogP contribution in [0, 0.1) is 13.8 Å². The molecule has 0 spiro atoms. The van der Waals surface area contributed by atoms with Crippen LogP contribution in [-0.4, -0.2) is 44.8 Å². The zero-order valence-corrected chi connectivity index (χ0v) is 20.6. The van der Waals surface area contributed by atoms with Crippen molar-refractivity contribution >= 4 is 43.3 Å². The summed E-state index contributed by atoms with van der Waals surface area (Å²) in [4.78, 5) is 29.2. The van der Waals surface area contributed by atoms with Crippen molar-refractivity contribution in [2.45, 2.75) is 38.1 Å². The molecule has 3 aromatic rings. The summed E-state index contributed by atoms with van der Waals surface area (Å²) < 4.78 is 37.4. The maximum atomic E-state index is 12.5. The van der Waals surface area contributed by atoms with Crippen molar-refractivity contribution in [3.63, 3.8) is 0 Å². The van der Waals surface area contributed by atoms with Gasteiger partial charge in [0.1, 0.15) is 12.3 Å². The van der Waals surface area contributed by atoms with Crippen LogP contribution >= 0.6 is 11.3 Å². The first-order chi connectivity index (χ1) is 15.6. The van der Waals surface area contributed by atoms with Gasteiger partial charge in [-0.1, -0.05) is 11.3 Å². The zero-order chi connectivity index (χ0) is 24.2. The summed E-state index contributed by atoms with van der Waals surface area (Å²) in [5.74, 6) is -0.504. The summed E-state index contributed by atoms with van der Waals surface area (Å²) in [6, 6.07) is 10.1. The summed E-state index contributed by atoms with van der Waals surface area (Å²) >= 11 is 1.30. The Labute approximate surface area is 196 Å². The normalized spacial score (nSPS) is 12.2. The largest absolute Gasteiger partial charge is 0.497 e. The van der Waals surface area contributed by atoms with Crippen LogP contribution in [0.15, 0.2) is 46.3 Å². The number of carbonyl (C=O) groups excluding carboxylic acids is 2. The van der Waals surface area contributed by atoms with Gasteiger partial charge in [0.05, 0.1) is 35.1 Å². The number of hydrogen-bond donors (Lipinski definition) is 0. The molecule has 0 saturated carbocycles. The van der Waals surface area contributed by atoms with Gasteiger partial charge in [-0.25, -0.2) is 8.42 Å². The maximum absolute atomic E-state index is 12.5. The predicted octanol–water partition coefficient (Wildman–Crippen LogP) is 3.18. The maximum Gasteiger partial charge on any atom is 0.325 e. The van der Waals surface area contributed by atoms with Crippen LogP contribution in [0.25, 0.3) is 10.2 Å². The van der Waals surface area contributed by atoms with E-state index in [1.54, 1.807) is 16.7 Å². The second kappa shape index (κ2) is 10.3. The Morgan fingerprint density at radius 3 is 2.36 bits per heavy atom. The highest BCUT2D eigenvalue weighted by Crippen LogP contribution is 2.22. The molecule has 0 fully saturated rings. The molecule has 176 valence electrons. The molecule has 8 nitrogen and oxygen atoms in total. The van der Waals surface area contributed by atoms with Crippen molar-refractivity contribution in [2.75, 3.05) is 20.0 Å². The Morgan fingerprint density at radius 1 is 1.06 bits per heavy atom. The first-order valence-electron chi connectivity index (χ1n) is 10.3. The lowest BCUT2D eigenvalue weighted by atomic mass is 10.1. The van der Waals surface area contributed by atoms with E-state index in [0.717, 1.165) is 21.3 Å². The van der Waals surface area contributed by atoms with E-state index in [1.807, 2.05) is 26.0 Å². The van der Waals surface area contributed by atoms with Crippen molar-refractivity contribution in [1.29, 1.82) is 0 Å². The first kappa shape index (κ1) is 24.7. The van der Waals surface area contributed by atoms with E-state index in [2.05, 4.69) is 4.99 Å². The number of benzene rings is 2. The minimum Gasteiger partial charge on any atom is -0.497 e. The number of thiazole rings is 1. The molecule has 2 aromatic carbocycles. The minimum absolute atomic E-state index is 0.0279. The van der Waals surface area contributed by atoms with Crippen LogP contribution in [0.3, 0.4) is 0 Å². The summed E-state index contributed by atoms with van der Waals surface area (Å²) in [5, 5.41) is 0. The fraction of sp³-hybridized carbons (Fsp3) is 0.348. The average Bonchev–Trinajstić information content (AvgIpc) is 3.09. The minimum atomic E-state index is -3.52. The van der Waals surface area contributed by atoms with Crippen LogP contribution in [-0.2, 0) is 30.7 Å². The van der Waals surface area contributed by atoms with Crippen molar-refractivity contribution in [3.8, 4) is 5.75 Å². The molecule has 33 heavy (non-hydrogen) atoms. The Morgan fingerprint density at radius 2 is 1.73 bits per heavy atom.